The van der Waals surface area contributed by atoms with Crippen LogP contribution in [0.4, 0.5) is 0 Å². The minimum absolute atomic E-state index is 0.547. The van der Waals surface area contributed by atoms with Crippen molar-refractivity contribution < 1.29 is 8.83 Å². The van der Waals surface area contributed by atoms with Gasteiger partial charge < -0.3 is 13.4 Å². The highest BCUT2D eigenvalue weighted by molar-refractivity contribution is 6.17. The van der Waals surface area contributed by atoms with Crippen LogP contribution in [0, 0.1) is 0 Å². The van der Waals surface area contributed by atoms with Crippen LogP contribution in [0.2, 0.25) is 0 Å². The van der Waals surface area contributed by atoms with Gasteiger partial charge in [-0.2, -0.15) is 0 Å². The minimum Gasteiger partial charge on any atom is -0.456 e. The molecule has 4 aromatic heterocycles. The topological polar surface area (TPSA) is 69.9 Å². The zero-order chi connectivity index (χ0) is 45.4. The van der Waals surface area contributed by atoms with E-state index in [1.807, 2.05) is 48.5 Å². The Bertz CT molecular complexity index is 4190. The molecule has 0 aliphatic heterocycles. The molecule has 4 heterocycles. The Morgan fingerprint density at radius 2 is 0.754 bits per heavy atom. The van der Waals surface area contributed by atoms with Crippen molar-refractivity contribution in [3.05, 3.63) is 231 Å². The van der Waals surface area contributed by atoms with Crippen molar-refractivity contribution in [3.63, 3.8) is 0 Å². The van der Waals surface area contributed by atoms with Gasteiger partial charge in [-0.3, -0.25) is 0 Å². The van der Waals surface area contributed by atoms with Gasteiger partial charge >= 0.3 is 0 Å². The maximum atomic E-state index is 6.34. The standard InChI is InChI=1S/C63H38N4O2/c1-3-15-39(16-4-1)46-35-53(40-17-5-2-6-18-40)60-52-25-7-10-26-54(52)67(55(60)36-46)47-22-14-20-42(34-47)41-19-13-21-43(33-41)61-64-62(44-29-31-50-48-23-8-11-27-56(48)68-58(50)37-44)66-63(65-61)45-30-32-51-49-24-9-12-28-57(49)69-59(51)38-45/h1-38H. The van der Waals surface area contributed by atoms with E-state index in [2.05, 4.69) is 187 Å². The monoisotopic (exact) mass is 882 g/mol. The second-order valence-corrected chi connectivity index (χ2v) is 17.6. The SMILES string of the molecule is c1ccc(-c2cc(-c3ccccc3)c3c4ccccc4n(-c4cccc(-c5cccc(-c6nc(-c7ccc8c(c7)oc7ccccc78)nc(-c7ccc8c(c7)oc7ccccc78)n6)c5)c4)c3c2)cc1. The summed E-state index contributed by atoms with van der Waals surface area (Å²) >= 11 is 0. The van der Waals surface area contributed by atoms with Crippen LogP contribution in [0.1, 0.15) is 0 Å². The summed E-state index contributed by atoms with van der Waals surface area (Å²) in [5, 5.41) is 6.67. The van der Waals surface area contributed by atoms with Crippen LogP contribution in [0.15, 0.2) is 239 Å². The van der Waals surface area contributed by atoms with Gasteiger partial charge in [0.25, 0.3) is 0 Å². The Morgan fingerprint density at radius 1 is 0.275 bits per heavy atom. The lowest BCUT2D eigenvalue weighted by molar-refractivity contribution is 0.668. The van der Waals surface area contributed by atoms with E-state index in [0.29, 0.717) is 17.5 Å². The molecule has 0 amide bonds. The van der Waals surface area contributed by atoms with Crippen molar-refractivity contribution in [2.24, 2.45) is 0 Å². The van der Waals surface area contributed by atoms with Crippen molar-refractivity contribution in [1.82, 2.24) is 19.5 Å². The molecule has 0 atom stereocenters. The van der Waals surface area contributed by atoms with Crippen LogP contribution in [0.25, 0.3) is 139 Å². The van der Waals surface area contributed by atoms with Crippen molar-refractivity contribution in [1.29, 1.82) is 0 Å². The first-order valence-electron chi connectivity index (χ1n) is 23.2. The number of para-hydroxylation sites is 3. The maximum Gasteiger partial charge on any atom is 0.164 e. The molecule has 0 fully saturated rings. The highest BCUT2D eigenvalue weighted by Gasteiger charge is 2.20. The predicted octanol–water partition coefficient (Wildman–Crippen LogP) is 16.8. The fourth-order valence-corrected chi connectivity index (χ4v) is 10.2. The highest BCUT2D eigenvalue weighted by atomic mass is 16.3. The Balaban J connectivity index is 0.918. The molecule has 14 rings (SSSR count). The quantitative estimate of drug-likeness (QED) is 0.159. The van der Waals surface area contributed by atoms with E-state index in [0.717, 1.165) is 88.4 Å². The van der Waals surface area contributed by atoms with Gasteiger partial charge in [0.05, 0.1) is 11.0 Å². The van der Waals surface area contributed by atoms with Crippen molar-refractivity contribution in [3.8, 4) is 73.2 Å². The molecule has 0 saturated heterocycles. The number of rotatable bonds is 7. The van der Waals surface area contributed by atoms with Gasteiger partial charge in [0, 0.05) is 54.7 Å². The summed E-state index contributed by atoms with van der Waals surface area (Å²) in [6, 6.07) is 80.8. The van der Waals surface area contributed by atoms with E-state index < -0.39 is 0 Å². The largest absolute Gasteiger partial charge is 0.456 e. The molecule has 0 spiro atoms. The van der Waals surface area contributed by atoms with E-state index in [1.165, 1.54) is 33.0 Å². The number of hydrogen-bond acceptors (Lipinski definition) is 5. The summed E-state index contributed by atoms with van der Waals surface area (Å²) in [5.41, 5.74) is 16.0. The van der Waals surface area contributed by atoms with Crippen molar-refractivity contribution >= 4 is 65.7 Å². The van der Waals surface area contributed by atoms with Gasteiger partial charge in [0.2, 0.25) is 0 Å². The molecular formula is C63H38N4O2. The third kappa shape index (κ3) is 6.53. The smallest absolute Gasteiger partial charge is 0.164 e. The summed E-state index contributed by atoms with van der Waals surface area (Å²) in [6.07, 6.45) is 0. The lowest BCUT2D eigenvalue weighted by Gasteiger charge is -2.13. The molecule has 6 nitrogen and oxygen atoms in total. The molecular weight excluding hydrogens is 845 g/mol. The molecule has 69 heavy (non-hydrogen) atoms. The zero-order valence-corrected chi connectivity index (χ0v) is 37.0. The summed E-state index contributed by atoms with van der Waals surface area (Å²) in [7, 11) is 0. The lowest BCUT2D eigenvalue weighted by atomic mass is 9.94. The average Bonchev–Trinajstić information content (AvgIpc) is 4.10. The van der Waals surface area contributed by atoms with E-state index >= 15 is 0 Å². The number of furan rings is 2. The molecule has 14 aromatic rings. The van der Waals surface area contributed by atoms with E-state index in [4.69, 9.17) is 23.8 Å². The number of benzene rings is 10. The third-order valence-corrected chi connectivity index (χ3v) is 13.4. The third-order valence-electron chi connectivity index (χ3n) is 13.4. The number of fused-ring (bicyclic) bond motifs is 9. The average molecular weight is 883 g/mol. The van der Waals surface area contributed by atoms with Crippen LogP contribution in [-0.4, -0.2) is 19.5 Å². The first kappa shape index (κ1) is 38.8. The molecule has 10 aromatic carbocycles. The van der Waals surface area contributed by atoms with Crippen molar-refractivity contribution in [2.45, 2.75) is 0 Å². The van der Waals surface area contributed by atoms with Gasteiger partial charge in [0.1, 0.15) is 22.3 Å². The summed E-state index contributed by atoms with van der Waals surface area (Å²) in [6.45, 7) is 0. The molecule has 0 radical (unpaired) electrons. The Labute approximate surface area is 396 Å². The Kier molecular flexibility index (Phi) is 8.79. The van der Waals surface area contributed by atoms with Gasteiger partial charge in [-0.15, -0.1) is 0 Å². The zero-order valence-electron chi connectivity index (χ0n) is 37.0. The maximum absolute atomic E-state index is 6.34. The Morgan fingerprint density at radius 3 is 1.39 bits per heavy atom. The second kappa shape index (κ2) is 15.6. The number of nitrogens with zero attached hydrogens (tertiary/aromatic N) is 4. The van der Waals surface area contributed by atoms with Crippen LogP contribution >= 0.6 is 0 Å². The molecule has 6 heteroatoms. The predicted molar refractivity (Wildman–Crippen MR) is 281 cm³/mol. The van der Waals surface area contributed by atoms with Gasteiger partial charge in [-0.05, 0) is 106 Å². The van der Waals surface area contributed by atoms with Crippen molar-refractivity contribution in [2.75, 3.05) is 0 Å². The molecule has 0 unspecified atom stereocenters. The fourth-order valence-electron chi connectivity index (χ4n) is 10.2. The minimum atomic E-state index is 0.547. The molecule has 0 aliphatic rings. The van der Waals surface area contributed by atoms with Crippen LogP contribution in [-0.2, 0) is 0 Å². The summed E-state index contributed by atoms with van der Waals surface area (Å²) < 4.78 is 15.1. The van der Waals surface area contributed by atoms with Crippen LogP contribution in [0.3, 0.4) is 0 Å². The lowest BCUT2D eigenvalue weighted by Crippen LogP contribution is -2.00. The summed E-state index contributed by atoms with van der Waals surface area (Å²) in [4.78, 5) is 15.5. The van der Waals surface area contributed by atoms with E-state index in [-0.39, 0.29) is 0 Å². The second-order valence-electron chi connectivity index (χ2n) is 17.6. The normalized spacial score (nSPS) is 11.8. The van der Waals surface area contributed by atoms with E-state index in [1.54, 1.807) is 0 Å². The van der Waals surface area contributed by atoms with Crippen LogP contribution < -0.4 is 0 Å². The first-order valence-corrected chi connectivity index (χ1v) is 23.2. The Hall–Kier alpha value is -9.39. The number of hydrogen-bond donors (Lipinski definition) is 0. The fraction of sp³-hybridized carbons (Fsp3) is 0. The molecule has 322 valence electrons. The highest BCUT2D eigenvalue weighted by Crippen LogP contribution is 2.42. The van der Waals surface area contributed by atoms with Gasteiger partial charge in [0.15, 0.2) is 17.5 Å². The molecule has 0 bridgehead atoms. The molecule has 0 aliphatic carbocycles. The molecule has 0 saturated carbocycles. The van der Waals surface area contributed by atoms with Gasteiger partial charge in [-0.25, -0.2) is 15.0 Å². The molecule has 0 N–H and O–H groups in total. The van der Waals surface area contributed by atoms with Crippen LogP contribution in [0.5, 0.6) is 0 Å². The van der Waals surface area contributed by atoms with Gasteiger partial charge in [-0.1, -0.05) is 158 Å². The number of aromatic nitrogens is 4. The van der Waals surface area contributed by atoms with E-state index in [9.17, 15) is 0 Å². The summed E-state index contributed by atoms with van der Waals surface area (Å²) in [5.74, 6) is 1.66. The first-order chi connectivity index (χ1) is 34.2.